The number of aromatic nitrogens is 3. The van der Waals surface area contributed by atoms with Crippen molar-refractivity contribution in [1.82, 2.24) is 19.9 Å². The van der Waals surface area contributed by atoms with Gasteiger partial charge in [0.15, 0.2) is 11.5 Å². The summed E-state index contributed by atoms with van der Waals surface area (Å²) in [6, 6.07) is 9.54. The summed E-state index contributed by atoms with van der Waals surface area (Å²) in [6.45, 7) is 2.86. The Balaban J connectivity index is 1.40. The Bertz CT molecular complexity index is 852. The molecule has 3 aromatic rings. The second-order valence-electron chi connectivity index (χ2n) is 6.56. The minimum absolute atomic E-state index is 0.103. The number of piperidine rings is 1. The van der Waals surface area contributed by atoms with Gasteiger partial charge in [0, 0.05) is 18.7 Å². The first-order chi connectivity index (χ1) is 12.7. The van der Waals surface area contributed by atoms with Crippen molar-refractivity contribution < 1.29 is 14.3 Å². The van der Waals surface area contributed by atoms with Gasteiger partial charge in [-0.05, 0) is 43.2 Å². The van der Waals surface area contributed by atoms with Gasteiger partial charge >= 0.3 is 0 Å². The van der Waals surface area contributed by atoms with E-state index in [9.17, 15) is 5.11 Å². The lowest BCUT2D eigenvalue weighted by Crippen LogP contribution is -2.34. The Morgan fingerprint density at radius 3 is 2.81 bits per heavy atom. The smallest absolute Gasteiger partial charge is 0.160 e. The lowest BCUT2D eigenvalue weighted by Gasteiger charge is -2.31. The van der Waals surface area contributed by atoms with E-state index in [1.54, 1.807) is 18.4 Å². The molecule has 136 valence electrons. The van der Waals surface area contributed by atoms with E-state index in [2.05, 4.69) is 15.2 Å². The fraction of sp³-hybridized carbons (Fsp3) is 0.368. The average Bonchev–Trinajstić information content (AvgIpc) is 3.34. The lowest BCUT2D eigenvalue weighted by atomic mass is 10.1. The normalized spacial score (nSPS) is 16.0. The van der Waals surface area contributed by atoms with E-state index in [-0.39, 0.29) is 5.75 Å². The van der Waals surface area contributed by atoms with Crippen molar-refractivity contribution >= 4 is 0 Å². The number of rotatable bonds is 5. The highest BCUT2D eigenvalue weighted by Crippen LogP contribution is 2.31. The number of hydrogen-bond acceptors (Lipinski definition) is 6. The fourth-order valence-corrected chi connectivity index (χ4v) is 3.40. The number of methoxy groups -OCH3 is 1. The standard InChI is InChI=1S/C19H22N4O3/c1-25-19-5-4-14(11-18(19)24)17-13-23(21-20-17)15-6-8-22(9-7-15)12-16-3-2-10-26-16/h2-5,10-11,13,15,24H,6-9,12H2,1H3. The molecular weight excluding hydrogens is 332 g/mol. The average molecular weight is 354 g/mol. The molecular formula is C19H22N4O3. The van der Waals surface area contributed by atoms with E-state index in [1.807, 2.05) is 29.1 Å². The number of likely N-dealkylation sites (tertiary alicyclic amines) is 1. The number of aromatic hydroxyl groups is 1. The van der Waals surface area contributed by atoms with Crippen LogP contribution in [0.3, 0.4) is 0 Å². The van der Waals surface area contributed by atoms with Crippen LogP contribution in [0.25, 0.3) is 11.3 Å². The van der Waals surface area contributed by atoms with Crippen LogP contribution in [-0.2, 0) is 6.54 Å². The predicted molar refractivity (Wildman–Crippen MR) is 95.9 cm³/mol. The van der Waals surface area contributed by atoms with E-state index in [4.69, 9.17) is 9.15 Å². The van der Waals surface area contributed by atoms with Gasteiger partial charge in [-0.2, -0.15) is 0 Å². The maximum absolute atomic E-state index is 9.95. The van der Waals surface area contributed by atoms with Crippen molar-refractivity contribution in [3.05, 3.63) is 48.6 Å². The van der Waals surface area contributed by atoms with Crippen LogP contribution in [0.2, 0.25) is 0 Å². The molecule has 0 amide bonds. The molecule has 0 spiro atoms. The van der Waals surface area contributed by atoms with Crippen molar-refractivity contribution in [2.75, 3.05) is 20.2 Å². The third-order valence-electron chi connectivity index (χ3n) is 4.88. The van der Waals surface area contributed by atoms with Crippen molar-refractivity contribution in [1.29, 1.82) is 0 Å². The van der Waals surface area contributed by atoms with Gasteiger partial charge < -0.3 is 14.3 Å². The van der Waals surface area contributed by atoms with Crippen LogP contribution in [0.15, 0.2) is 47.2 Å². The Kier molecular flexibility index (Phi) is 4.62. The van der Waals surface area contributed by atoms with Crippen molar-refractivity contribution in [3.8, 4) is 22.8 Å². The molecule has 0 radical (unpaired) electrons. The molecule has 7 nitrogen and oxygen atoms in total. The third kappa shape index (κ3) is 3.43. The Morgan fingerprint density at radius 2 is 2.12 bits per heavy atom. The van der Waals surface area contributed by atoms with Gasteiger partial charge in [-0.1, -0.05) is 5.21 Å². The summed E-state index contributed by atoms with van der Waals surface area (Å²) in [6.07, 6.45) is 5.72. The highest BCUT2D eigenvalue weighted by Gasteiger charge is 2.22. The van der Waals surface area contributed by atoms with E-state index >= 15 is 0 Å². The van der Waals surface area contributed by atoms with Gasteiger partial charge in [0.2, 0.25) is 0 Å². The monoisotopic (exact) mass is 354 g/mol. The second kappa shape index (κ2) is 7.21. The summed E-state index contributed by atoms with van der Waals surface area (Å²) in [5, 5.41) is 18.5. The number of benzene rings is 1. The summed E-state index contributed by atoms with van der Waals surface area (Å²) < 4.78 is 12.5. The summed E-state index contributed by atoms with van der Waals surface area (Å²) in [5.41, 5.74) is 1.57. The molecule has 0 unspecified atom stereocenters. The van der Waals surface area contributed by atoms with Crippen LogP contribution in [0, 0.1) is 0 Å². The van der Waals surface area contributed by atoms with Gasteiger partial charge in [0.25, 0.3) is 0 Å². The van der Waals surface area contributed by atoms with Crippen LogP contribution in [0.4, 0.5) is 0 Å². The number of phenolic OH excluding ortho intramolecular Hbond substituents is 1. The molecule has 4 rings (SSSR count). The van der Waals surface area contributed by atoms with E-state index in [0.29, 0.717) is 11.8 Å². The molecule has 2 aromatic heterocycles. The summed E-state index contributed by atoms with van der Waals surface area (Å²) >= 11 is 0. The number of hydrogen-bond donors (Lipinski definition) is 1. The Hall–Kier alpha value is -2.80. The van der Waals surface area contributed by atoms with Crippen LogP contribution in [-0.4, -0.2) is 45.2 Å². The zero-order valence-corrected chi connectivity index (χ0v) is 14.7. The molecule has 1 saturated heterocycles. The molecule has 1 N–H and O–H groups in total. The summed E-state index contributed by atoms with van der Waals surface area (Å²) in [7, 11) is 1.53. The van der Waals surface area contributed by atoms with Gasteiger partial charge in [-0.25, -0.2) is 4.68 Å². The number of phenols is 1. The van der Waals surface area contributed by atoms with Crippen molar-refractivity contribution in [3.63, 3.8) is 0 Å². The molecule has 7 heteroatoms. The Labute approximate surface area is 151 Å². The molecule has 0 saturated carbocycles. The topological polar surface area (TPSA) is 76.5 Å². The largest absolute Gasteiger partial charge is 0.504 e. The Morgan fingerprint density at radius 1 is 1.27 bits per heavy atom. The highest BCUT2D eigenvalue weighted by atomic mass is 16.5. The summed E-state index contributed by atoms with van der Waals surface area (Å²) in [4.78, 5) is 2.40. The number of nitrogens with zero attached hydrogens (tertiary/aromatic N) is 4. The van der Waals surface area contributed by atoms with Crippen LogP contribution in [0.5, 0.6) is 11.5 Å². The zero-order chi connectivity index (χ0) is 17.9. The SMILES string of the molecule is COc1ccc(-c2cn(C3CCN(Cc4ccco4)CC3)nn2)cc1O. The molecule has 1 aliphatic rings. The molecule has 26 heavy (non-hydrogen) atoms. The zero-order valence-electron chi connectivity index (χ0n) is 14.7. The van der Waals surface area contributed by atoms with Gasteiger partial charge in [0.05, 0.1) is 32.2 Å². The van der Waals surface area contributed by atoms with Crippen molar-refractivity contribution in [2.45, 2.75) is 25.4 Å². The molecule has 1 aromatic carbocycles. The van der Waals surface area contributed by atoms with Crippen LogP contribution >= 0.6 is 0 Å². The number of ether oxygens (including phenoxy) is 1. The molecule has 0 bridgehead atoms. The predicted octanol–water partition coefficient (Wildman–Crippen LogP) is 3.09. The number of furan rings is 1. The quantitative estimate of drug-likeness (QED) is 0.759. The van der Waals surface area contributed by atoms with E-state index < -0.39 is 0 Å². The highest BCUT2D eigenvalue weighted by molar-refractivity contribution is 5.62. The van der Waals surface area contributed by atoms with Crippen LogP contribution < -0.4 is 4.74 Å². The molecule has 1 aliphatic heterocycles. The maximum Gasteiger partial charge on any atom is 0.160 e. The first-order valence-corrected chi connectivity index (χ1v) is 8.77. The minimum atomic E-state index is 0.103. The third-order valence-corrected chi connectivity index (χ3v) is 4.88. The van der Waals surface area contributed by atoms with Gasteiger partial charge in [-0.3, -0.25) is 4.90 Å². The first kappa shape index (κ1) is 16.7. The molecule has 1 fully saturated rings. The lowest BCUT2D eigenvalue weighted by molar-refractivity contribution is 0.162. The molecule has 0 atom stereocenters. The minimum Gasteiger partial charge on any atom is -0.504 e. The summed E-state index contributed by atoms with van der Waals surface area (Å²) in [5.74, 6) is 1.56. The van der Waals surface area contributed by atoms with Crippen molar-refractivity contribution in [2.24, 2.45) is 0 Å². The molecule has 0 aliphatic carbocycles. The van der Waals surface area contributed by atoms with Gasteiger partial charge in [0.1, 0.15) is 11.5 Å². The fourth-order valence-electron chi connectivity index (χ4n) is 3.40. The second-order valence-corrected chi connectivity index (χ2v) is 6.56. The maximum atomic E-state index is 9.95. The van der Waals surface area contributed by atoms with Gasteiger partial charge in [-0.15, -0.1) is 5.10 Å². The molecule has 3 heterocycles. The van der Waals surface area contributed by atoms with Crippen LogP contribution in [0.1, 0.15) is 24.6 Å². The first-order valence-electron chi connectivity index (χ1n) is 8.77. The van der Waals surface area contributed by atoms with E-state index in [1.165, 1.54) is 7.11 Å². The van der Waals surface area contributed by atoms with E-state index in [0.717, 1.165) is 49.5 Å².